The molecule has 0 atom stereocenters. The molecule has 24 heavy (non-hydrogen) atoms. The van der Waals surface area contributed by atoms with Crippen molar-refractivity contribution in [2.45, 2.75) is 19.5 Å². The molecule has 2 aromatic carbocycles. The average Bonchev–Trinajstić information content (AvgIpc) is 2.60. The van der Waals surface area contributed by atoms with Gasteiger partial charge in [0, 0.05) is 42.2 Å². The Balaban J connectivity index is 1.58. The number of nitrogens with zero attached hydrogens (tertiary/aromatic N) is 2. The van der Waals surface area contributed by atoms with Crippen LogP contribution in [-0.4, -0.2) is 23.5 Å². The zero-order chi connectivity index (χ0) is 16.5. The van der Waals surface area contributed by atoms with E-state index in [0.717, 1.165) is 47.7 Å². The summed E-state index contributed by atoms with van der Waals surface area (Å²) in [5, 5.41) is 1.87. The second-order valence-corrected chi connectivity index (χ2v) is 6.68. The monoisotopic (exact) mass is 338 g/mol. The summed E-state index contributed by atoms with van der Waals surface area (Å²) in [7, 11) is 1.71. The molecule has 4 heteroatoms. The summed E-state index contributed by atoms with van der Waals surface area (Å²) in [6.07, 6.45) is 0.984. The maximum atomic E-state index is 6.12. The molecule has 3 aromatic rings. The fourth-order valence-corrected chi connectivity index (χ4v) is 3.51. The number of halogens is 1. The molecule has 0 N–H and O–H groups in total. The molecule has 1 aliphatic rings. The largest absolute Gasteiger partial charge is 0.497 e. The highest BCUT2D eigenvalue weighted by Crippen LogP contribution is 2.26. The Hall–Kier alpha value is -2.10. The summed E-state index contributed by atoms with van der Waals surface area (Å²) < 4.78 is 5.32. The Kier molecular flexibility index (Phi) is 4.13. The van der Waals surface area contributed by atoms with Gasteiger partial charge in [-0.25, -0.2) is 0 Å². The fraction of sp³-hybridized carbons (Fsp3) is 0.250. The zero-order valence-electron chi connectivity index (χ0n) is 13.6. The number of methoxy groups -OCH3 is 1. The van der Waals surface area contributed by atoms with Gasteiger partial charge in [0.2, 0.25) is 0 Å². The molecule has 0 saturated carbocycles. The lowest BCUT2D eigenvalue weighted by Crippen LogP contribution is -2.30. The van der Waals surface area contributed by atoms with Gasteiger partial charge in [-0.05, 0) is 47.5 Å². The predicted octanol–water partition coefficient (Wildman–Crippen LogP) is 4.46. The summed E-state index contributed by atoms with van der Waals surface area (Å²) in [5.74, 6) is 0.909. The number of rotatable bonds is 3. The third-order valence-corrected chi connectivity index (χ3v) is 4.78. The van der Waals surface area contributed by atoms with Crippen LogP contribution >= 0.6 is 11.6 Å². The van der Waals surface area contributed by atoms with Gasteiger partial charge in [-0.2, -0.15) is 0 Å². The maximum Gasteiger partial charge on any atom is 0.119 e. The topological polar surface area (TPSA) is 25.4 Å². The van der Waals surface area contributed by atoms with Gasteiger partial charge in [0.15, 0.2) is 0 Å². The molecule has 0 fully saturated rings. The Morgan fingerprint density at radius 1 is 1.17 bits per heavy atom. The predicted molar refractivity (Wildman–Crippen MR) is 97.6 cm³/mol. The lowest BCUT2D eigenvalue weighted by Gasteiger charge is -2.28. The van der Waals surface area contributed by atoms with Crippen LogP contribution in [0.3, 0.4) is 0 Å². The Morgan fingerprint density at radius 3 is 2.96 bits per heavy atom. The number of benzene rings is 2. The van der Waals surface area contributed by atoms with Gasteiger partial charge < -0.3 is 4.74 Å². The van der Waals surface area contributed by atoms with Crippen molar-refractivity contribution in [3.8, 4) is 5.75 Å². The first kappa shape index (κ1) is 15.4. The minimum absolute atomic E-state index is 0.758. The molecule has 0 saturated heterocycles. The first-order chi connectivity index (χ1) is 11.7. The van der Waals surface area contributed by atoms with Gasteiger partial charge in [0.05, 0.1) is 12.6 Å². The standard InChI is InChI=1S/C20H19ClN2O/c1-24-18-4-2-3-14(9-18)12-23-8-7-20-16(13-23)10-15-11-17(21)5-6-19(15)22-20/h2-6,9-11H,7-8,12-13H2,1H3. The van der Waals surface area contributed by atoms with Crippen molar-refractivity contribution in [2.24, 2.45) is 0 Å². The van der Waals surface area contributed by atoms with Crippen LogP contribution in [0.4, 0.5) is 0 Å². The maximum absolute atomic E-state index is 6.12. The van der Waals surface area contributed by atoms with E-state index in [1.54, 1.807) is 7.11 Å². The van der Waals surface area contributed by atoms with Crippen molar-refractivity contribution in [3.63, 3.8) is 0 Å². The Bertz CT molecular complexity index is 894. The molecule has 3 nitrogen and oxygen atoms in total. The summed E-state index contributed by atoms with van der Waals surface area (Å²) in [5.41, 5.74) is 4.82. The summed E-state index contributed by atoms with van der Waals surface area (Å²) >= 11 is 6.12. The van der Waals surface area contributed by atoms with E-state index in [1.165, 1.54) is 16.8 Å². The van der Waals surface area contributed by atoms with Crippen molar-refractivity contribution >= 4 is 22.5 Å². The van der Waals surface area contributed by atoms with E-state index in [0.29, 0.717) is 0 Å². The van der Waals surface area contributed by atoms with E-state index < -0.39 is 0 Å². The molecule has 0 spiro atoms. The van der Waals surface area contributed by atoms with Crippen molar-refractivity contribution in [3.05, 3.63) is 70.4 Å². The van der Waals surface area contributed by atoms with Crippen molar-refractivity contribution in [2.75, 3.05) is 13.7 Å². The minimum Gasteiger partial charge on any atom is -0.497 e. The van der Waals surface area contributed by atoms with E-state index in [9.17, 15) is 0 Å². The molecule has 1 aliphatic heterocycles. The lowest BCUT2D eigenvalue weighted by molar-refractivity contribution is 0.243. The number of hydrogen-bond donors (Lipinski definition) is 0. The number of ether oxygens (including phenoxy) is 1. The first-order valence-electron chi connectivity index (χ1n) is 8.14. The normalized spacial score (nSPS) is 14.6. The molecular formula is C20H19ClN2O. The smallest absolute Gasteiger partial charge is 0.119 e. The van der Waals surface area contributed by atoms with Gasteiger partial charge in [0.25, 0.3) is 0 Å². The second kappa shape index (κ2) is 6.42. The highest BCUT2D eigenvalue weighted by Gasteiger charge is 2.18. The van der Waals surface area contributed by atoms with Gasteiger partial charge in [-0.1, -0.05) is 23.7 Å². The van der Waals surface area contributed by atoms with E-state index in [1.807, 2.05) is 30.3 Å². The van der Waals surface area contributed by atoms with E-state index >= 15 is 0 Å². The molecule has 0 aliphatic carbocycles. The van der Waals surface area contributed by atoms with Crippen LogP contribution in [0.25, 0.3) is 10.9 Å². The Labute approximate surface area is 146 Å². The third kappa shape index (κ3) is 3.10. The average molecular weight is 339 g/mol. The molecule has 0 bridgehead atoms. The van der Waals surface area contributed by atoms with Gasteiger partial charge in [-0.3, -0.25) is 9.88 Å². The number of pyridine rings is 1. The number of hydrogen-bond acceptors (Lipinski definition) is 3. The van der Waals surface area contributed by atoms with E-state index in [-0.39, 0.29) is 0 Å². The molecule has 0 radical (unpaired) electrons. The van der Waals surface area contributed by atoms with Crippen LogP contribution in [0.5, 0.6) is 5.75 Å². The number of fused-ring (bicyclic) bond motifs is 2. The van der Waals surface area contributed by atoms with E-state index in [2.05, 4.69) is 23.1 Å². The van der Waals surface area contributed by atoms with Gasteiger partial charge in [0.1, 0.15) is 5.75 Å². The van der Waals surface area contributed by atoms with Crippen molar-refractivity contribution < 1.29 is 4.74 Å². The van der Waals surface area contributed by atoms with Crippen molar-refractivity contribution in [1.29, 1.82) is 0 Å². The highest BCUT2D eigenvalue weighted by molar-refractivity contribution is 6.31. The highest BCUT2D eigenvalue weighted by atomic mass is 35.5. The van der Waals surface area contributed by atoms with Gasteiger partial charge >= 0.3 is 0 Å². The lowest BCUT2D eigenvalue weighted by atomic mass is 10.0. The van der Waals surface area contributed by atoms with Crippen LogP contribution in [-0.2, 0) is 19.5 Å². The van der Waals surface area contributed by atoms with Crippen LogP contribution in [0.15, 0.2) is 48.5 Å². The van der Waals surface area contributed by atoms with Crippen LogP contribution in [0.1, 0.15) is 16.8 Å². The summed E-state index contributed by atoms with van der Waals surface area (Å²) in [4.78, 5) is 7.27. The second-order valence-electron chi connectivity index (χ2n) is 6.24. The van der Waals surface area contributed by atoms with Crippen LogP contribution in [0, 0.1) is 0 Å². The van der Waals surface area contributed by atoms with Crippen molar-refractivity contribution in [1.82, 2.24) is 9.88 Å². The molecule has 1 aromatic heterocycles. The fourth-order valence-electron chi connectivity index (χ4n) is 3.33. The van der Waals surface area contributed by atoms with E-state index in [4.69, 9.17) is 21.3 Å². The quantitative estimate of drug-likeness (QED) is 0.705. The van der Waals surface area contributed by atoms with Gasteiger partial charge in [-0.15, -0.1) is 0 Å². The first-order valence-corrected chi connectivity index (χ1v) is 8.52. The summed E-state index contributed by atoms with van der Waals surface area (Å²) in [6.45, 7) is 2.86. The molecule has 4 rings (SSSR count). The molecule has 122 valence electrons. The minimum atomic E-state index is 0.758. The zero-order valence-corrected chi connectivity index (χ0v) is 14.4. The van der Waals surface area contributed by atoms with Crippen LogP contribution in [0.2, 0.25) is 5.02 Å². The summed E-state index contributed by atoms with van der Waals surface area (Å²) in [6, 6.07) is 16.4. The van der Waals surface area contributed by atoms with Crippen LogP contribution < -0.4 is 4.74 Å². The molecule has 0 unspecified atom stereocenters. The Morgan fingerprint density at radius 2 is 2.08 bits per heavy atom. The third-order valence-electron chi connectivity index (χ3n) is 4.54. The molecule has 2 heterocycles. The molecular weight excluding hydrogens is 320 g/mol. The molecule has 0 amide bonds. The number of aromatic nitrogens is 1. The SMILES string of the molecule is COc1cccc(CN2CCc3nc4ccc(Cl)cc4cc3C2)c1.